The van der Waals surface area contributed by atoms with Gasteiger partial charge in [-0.1, -0.05) is 97.1 Å². The number of nitrogens with zero attached hydrogens (tertiary/aromatic N) is 1. The van der Waals surface area contributed by atoms with Crippen LogP contribution in [0.15, 0.2) is 140 Å². The summed E-state index contributed by atoms with van der Waals surface area (Å²) >= 11 is 0. The molecule has 0 amide bonds. The van der Waals surface area contributed by atoms with E-state index in [9.17, 15) is 105 Å². The predicted octanol–water partition coefficient (Wildman–Crippen LogP) is 15.7. The van der Waals surface area contributed by atoms with E-state index in [0.29, 0.717) is 6.10 Å². The number of fused-ring (bicyclic) bond motifs is 1. The second-order valence-electron chi connectivity index (χ2n) is 18.6. The molecule has 2 nitrogen and oxygen atoms in total. The molecule has 0 radical (unpaired) electrons. The Balaban J connectivity index is 0.000000329. The fourth-order valence-corrected chi connectivity index (χ4v) is 9.50. The summed E-state index contributed by atoms with van der Waals surface area (Å²) in [5.41, 5.74) is -28.9. The Morgan fingerprint density at radius 1 is 0.362 bits per heavy atom. The van der Waals surface area contributed by atoms with Crippen LogP contribution in [0.1, 0.15) is 75.8 Å². The number of hydrogen-bond acceptors (Lipinski definition) is 1. The molecule has 0 unspecified atom stereocenters. The third-order valence-corrected chi connectivity index (χ3v) is 13.1. The number of pyridine rings is 1. The van der Waals surface area contributed by atoms with E-state index < -0.39 is 195 Å². The van der Waals surface area contributed by atoms with E-state index >= 15 is 0 Å². The highest BCUT2D eigenvalue weighted by Crippen LogP contribution is 2.42. The lowest BCUT2D eigenvalue weighted by atomic mass is 9.12. The largest absolute Gasteiger partial charge is 0.441 e. The van der Waals surface area contributed by atoms with Gasteiger partial charge in [0.15, 0.2) is 12.7 Å². The zero-order valence-electron chi connectivity index (χ0n) is 39.9. The number of alkyl halides is 24. The van der Waals surface area contributed by atoms with Crippen LogP contribution in [0.3, 0.4) is 0 Å². The third kappa shape index (κ3) is 13.6. The van der Waals surface area contributed by atoms with E-state index in [0.717, 1.165) is 12.4 Å². The maximum atomic E-state index is 14.2. The predicted molar refractivity (Wildman–Crippen MR) is 243 cm³/mol. The van der Waals surface area contributed by atoms with Crippen molar-refractivity contribution in [2.24, 2.45) is 0 Å². The van der Waals surface area contributed by atoms with E-state index in [4.69, 9.17) is 4.74 Å². The molecule has 0 atom stereocenters. The maximum Gasteiger partial charge on any atom is 0.416 e. The van der Waals surface area contributed by atoms with E-state index in [1.165, 1.54) is 42.0 Å². The first kappa shape index (κ1) is 60.6. The molecular weight excluding hydrogens is 1130 g/mol. The van der Waals surface area contributed by atoms with Crippen molar-refractivity contribution in [1.29, 1.82) is 0 Å². The first-order valence-corrected chi connectivity index (χ1v) is 23.1. The van der Waals surface area contributed by atoms with Gasteiger partial charge in [0.1, 0.15) is 12.2 Å². The summed E-state index contributed by atoms with van der Waals surface area (Å²) in [6, 6.07) is 12.5. The van der Waals surface area contributed by atoms with Crippen LogP contribution in [-0.2, 0) is 56.0 Å². The molecule has 6 aromatic carbocycles. The smallest absolute Gasteiger partial charge is 0.416 e. The standard InChI is InChI=1S/C32H12BF24.C21H22NO/c34-25(35,36)13-1-14(26(37,38)39)6-21(5-13)33(22-7-15(27(40,41)42)2-16(8-22)28(43,44)45,23-9-17(29(46,47)48)3-18(10-23)30(49,50)51)24-11-19(31(52,53)54)4-20(12-24)32(55,56)57;1-2-8-17(9-3-1)16-22-15-14-18-10-4-7-13-20(18)21(22)23-19-11-5-6-12-19/h1-12H;1-4,7-10,13-15,19H,5-6,11-12,16H2/q-1;+1. The third-order valence-electron chi connectivity index (χ3n) is 13.1. The van der Waals surface area contributed by atoms with E-state index in [1.54, 1.807) is 0 Å². The summed E-state index contributed by atoms with van der Waals surface area (Å²) in [6.45, 7) is 0.841. The Morgan fingerprint density at radius 3 is 0.950 bits per heavy atom. The first-order chi connectivity index (χ1) is 36.7. The minimum absolute atomic E-state index is 0.364. The zero-order valence-corrected chi connectivity index (χ0v) is 39.9. The van der Waals surface area contributed by atoms with Crippen LogP contribution in [0.2, 0.25) is 0 Å². The van der Waals surface area contributed by atoms with Crippen LogP contribution in [0.4, 0.5) is 105 Å². The number of rotatable bonds is 8. The molecule has 0 spiro atoms. The average Bonchev–Trinajstić information content (AvgIpc) is 3.87. The molecule has 7 aromatic rings. The molecule has 0 aliphatic heterocycles. The minimum Gasteiger partial charge on any atom is -0.441 e. The van der Waals surface area contributed by atoms with Gasteiger partial charge in [0.2, 0.25) is 0 Å². The highest BCUT2D eigenvalue weighted by atomic mass is 19.4. The van der Waals surface area contributed by atoms with E-state index in [2.05, 4.69) is 71.4 Å². The summed E-state index contributed by atoms with van der Waals surface area (Å²) in [7, 11) is 0. The fraction of sp³-hybridized carbons (Fsp3) is 0.264. The highest BCUT2D eigenvalue weighted by molar-refractivity contribution is 7.20. The summed E-state index contributed by atoms with van der Waals surface area (Å²) in [4.78, 5) is 0. The van der Waals surface area contributed by atoms with Crippen LogP contribution in [0, 0.1) is 0 Å². The van der Waals surface area contributed by atoms with Crippen molar-refractivity contribution in [2.75, 3.05) is 0 Å². The first-order valence-electron chi connectivity index (χ1n) is 23.1. The van der Waals surface area contributed by atoms with Crippen molar-refractivity contribution in [3.63, 3.8) is 0 Å². The highest BCUT2D eigenvalue weighted by Gasteiger charge is 2.47. The second kappa shape index (κ2) is 21.4. The van der Waals surface area contributed by atoms with Gasteiger partial charge in [-0.2, -0.15) is 132 Å². The van der Waals surface area contributed by atoms with Gasteiger partial charge in [0, 0.05) is 11.6 Å². The molecular formula is C53H34BF24NO. The van der Waals surface area contributed by atoms with E-state index in [-0.39, 0.29) is 0 Å². The Kier molecular flexibility index (Phi) is 16.2. The molecule has 1 aliphatic carbocycles. The molecule has 80 heavy (non-hydrogen) atoms. The van der Waals surface area contributed by atoms with Crippen LogP contribution in [-0.4, -0.2) is 12.2 Å². The molecule has 1 saturated carbocycles. The van der Waals surface area contributed by atoms with Gasteiger partial charge in [-0.3, -0.25) is 0 Å². The van der Waals surface area contributed by atoms with Gasteiger partial charge in [-0.05, 0) is 61.4 Å². The van der Waals surface area contributed by atoms with Crippen molar-refractivity contribution >= 4 is 38.8 Å². The molecule has 8 rings (SSSR count). The van der Waals surface area contributed by atoms with Gasteiger partial charge in [0.05, 0.1) is 49.9 Å². The normalized spacial score (nSPS) is 14.6. The molecule has 428 valence electrons. The SMILES string of the molecule is FC(F)(F)c1cc([B-](c2cc(C(F)(F)F)cc(C(F)(F)F)c2)(c2cc(C(F)(F)F)cc(C(F)(F)F)c2)c2cc(C(F)(F)F)cc(C(F)(F)F)c2)cc(C(F)(F)F)c1.c1ccc(C[n+]2ccc3ccccc3c2OC2CCCC2)cc1. The molecule has 1 heterocycles. The summed E-state index contributed by atoms with van der Waals surface area (Å²) < 4.78 is 350. The monoisotopic (exact) mass is 1170 g/mol. The summed E-state index contributed by atoms with van der Waals surface area (Å²) in [6.07, 6.45) is -47.4. The Bertz CT molecular complexity index is 2900. The fourth-order valence-electron chi connectivity index (χ4n) is 9.50. The summed E-state index contributed by atoms with van der Waals surface area (Å²) in [5, 5.41) is 2.45. The quantitative estimate of drug-likeness (QED) is 0.0840. The van der Waals surface area contributed by atoms with Crippen molar-refractivity contribution in [1.82, 2.24) is 0 Å². The molecule has 1 fully saturated rings. The van der Waals surface area contributed by atoms with Crippen molar-refractivity contribution in [3.05, 3.63) is 190 Å². The van der Waals surface area contributed by atoms with Gasteiger partial charge in [-0.25, -0.2) is 0 Å². The van der Waals surface area contributed by atoms with Crippen LogP contribution < -0.4 is 31.2 Å². The van der Waals surface area contributed by atoms with Gasteiger partial charge >= 0.3 is 55.3 Å². The average molecular weight is 1170 g/mol. The number of halogens is 24. The van der Waals surface area contributed by atoms with Crippen LogP contribution in [0.25, 0.3) is 10.8 Å². The van der Waals surface area contributed by atoms with Crippen molar-refractivity contribution < 1.29 is 115 Å². The lowest BCUT2D eigenvalue weighted by Crippen LogP contribution is -2.75. The minimum atomic E-state index is -6.13. The Labute approximate surface area is 436 Å². The lowest BCUT2D eigenvalue weighted by Gasteiger charge is -2.46. The van der Waals surface area contributed by atoms with Crippen molar-refractivity contribution in [2.45, 2.75) is 87.7 Å². The molecule has 1 aliphatic rings. The Hall–Kier alpha value is -7.09. The van der Waals surface area contributed by atoms with Crippen LogP contribution >= 0.6 is 0 Å². The maximum absolute atomic E-state index is 14.2. The lowest BCUT2D eigenvalue weighted by molar-refractivity contribution is -0.692. The molecule has 27 heteroatoms. The van der Waals surface area contributed by atoms with Gasteiger partial charge < -0.3 is 4.74 Å². The van der Waals surface area contributed by atoms with E-state index in [1.807, 2.05) is 0 Å². The van der Waals surface area contributed by atoms with Gasteiger partial charge in [0.25, 0.3) is 0 Å². The topological polar surface area (TPSA) is 13.1 Å². The molecule has 0 bridgehead atoms. The number of benzene rings is 6. The summed E-state index contributed by atoms with van der Waals surface area (Å²) in [5.74, 6) is 1.01. The number of ether oxygens (including phenoxy) is 1. The van der Waals surface area contributed by atoms with Crippen LogP contribution in [0.5, 0.6) is 5.88 Å². The molecule has 0 N–H and O–H groups in total. The van der Waals surface area contributed by atoms with Gasteiger partial charge in [-0.15, -0.1) is 0 Å². The molecule has 0 saturated heterocycles. The van der Waals surface area contributed by atoms with Crippen molar-refractivity contribution in [3.8, 4) is 5.88 Å². The number of hydrogen-bond donors (Lipinski definition) is 0. The zero-order chi connectivity index (χ0) is 59.4. The molecule has 1 aromatic heterocycles. The second-order valence-corrected chi connectivity index (χ2v) is 18.6. The Morgan fingerprint density at radius 2 is 0.650 bits per heavy atom. The number of aromatic nitrogens is 1.